The average Bonchev–Trinajstić information content (AvgIpc) is 2.94. The molecule has 2 aromatic rings. The number of hydrogen-bond donors (Lipinski definition) is 2. The Hall–Kier alpha value is -2.08. The van der Waals surface area contributed by atoms with Crippen LogP contribution in [0.3, 0.4) is 0 Å². The lowest BCUT2D eigenvalue weighted by Gasteiger charge is -2.08. The maximum absolute atomic E-state index is 5.68. The number of hydrazone groups is 1. The van der Waals surface area contributed by atoms with Crippen molar-refractivity contribution in [1.29, 1.82) is 0 Å². The van der Waals surface area contributed by atoms with Crippen molar-refractivity contribution in [1.82, 2.24) is 9.99 Å². The fourth-order valence-corrected chi connectivity index (χ4v) is 2.27. The molecule has 1 aromatic heterocycles. The Morgan fingerprint density at radius 2 is 2.14 bits per heavy atom. The van der Waals surface area contributed by atoms with E-state index in [1.807, 2.05) is 54.1 Å². The lowest BCUT2D eigenvalue weighted by molar-refractivity contribution is 0.901. The summed E-state index contributed by atoms with van der Waals surface area (Å²) in [4.78, 5) is 4.11. The molecule has 0 unspecified atom stereocenters. The monoisotopic (exact) mass is 347 g/mol. The molecule has 1 aromatic carbocycles. The first kappa shape index (κ1) is 15.3. The normalized spacial score (nSPS) is 12.0. The van der Waals surface area contributed by atoms with Crippen molar-refractivity contribution >= 4 is 28.1 Å². The number of nitrogens with one attached hydrogen (secondary N) is 1. The highest BCUT2D eigenvalue weighted by molar-refractivity contribution is 9.10. The summed E-state index contributed by atoms with van der Waals surface area (Å²) < 4.78 is 3.06. The van der Waals surface area contributed by atoms with Gasteiger partial charge in [-0.3, -0.25) is 4.99 Å². The van der Waals surface area contributed by atoms with E-state index >= 15 is 0 Å². The molecular formula is C15H18BrN5. The number of guanidine groups is 1. The molecule has 0 aliphatic rings. The molecule has 21 heavy (non-hydrogen) atoms. The fraction of sp³-hybridized carbons (Fsp3) is 0.200. The third kappa shape index (κ3) is 4.19. The molecule has 0 fully saturated rings. The molecular weight excluding hydrogens is 330 g/mol. The quantitative estimate of drug-likeness (QED) is 0.496. The van der Waals surface area contributed by atoms with Gasteiger partial charge in [-0.1, -0.05) is 19.1 Å². The van der Waals surface area contributed by atoms with Gasteiger partial charge in [0, 0.05) is 17.2 Å². The molecule has 0 aliphatic carbocycles. The van der Waals surface area contributed by atoms with Gasteiger partial charge in [0.05, 0.1) is 17.6 Å². The first-order valence-electron chi connectivity index (χ1n) is 6.73. The van der Waals surface area contributed by atoms with Crippen molar-refractivity contribution in [3.8, 4) is 5.69 Å². The van der Waals surface area contributed by atoms with Crippen molar-refractivity contribution in [3.05, 3.63) is 52.8 Å². The molecule has 0 amide bonds. The van der Waals surface area contributed by atoms with E-state index in [1.54, 1.807) is 6.21 Å². The molecule has 3 N–H and O–H groups in total. The van der Waals surface area contributed by atoms with Gasteiger partial charge in [0.2, 0.25) is 5.96 Å². The largest absolute Gasteiger partial charge is 0.369 e. The van der Waals surface area contributed by atoms with Crippen molar-refractivity contribution in [3.63, 3.8) is 0 Å². The van der Waals surface area contributed by atoms with E-state index in [0.717, 1.165) is 22.3 Å². The van der Waals surface area contributed by atoms with E-state index in [-0.39, 0.29) is 0 Å². The van der Waals surface area contributed by atoms with Gasteiger partial charge in [0.15, 0.2) is 0 Å². The standard InChI is InChI=1S/C15H18BrN5/c1-2-9-18-15(17)20-19-11-12-6-5-10-21(12)14-8-4-3-7-13(14)16/h3-8,10-11H,2,9H2,1H3,(H3,17,18,20)/b19-11+. The predicted octanol–water partition coefficient (Wildman–Crippen LogP) is 2.89. The lowest BCUT2D eigenvalue weighted by Crippen LogP contribution is -2.27. The van der Waals surface area contributed by atoms with Crippen LogP contribution in [0.2, 0.25) is 0 Å². The maximum atomic E-state index is 5.68. The van der Waals surface area contributed by atoms with Gasteiger partial charge in [0.25, 0.3) is 0 Å². The van der Waals surface area contributed by atoms with Crippen LogP contribution >= 0.6 is 15.9 Å². The van der Waals surface area contributed by atoms with Gasteiger partial charge >= 0.3 is 0 Å². The van der Waals surface area contributed by atoms with E-state index < -0.39 is 0 Å². The smallest absolute Gasteiger partial charge is 0.209 e. The predicted molar refractivity (Wildman–Crippen MR) is 91.0 cm³/mol. The lowest BCUT2D eigenvalue weighted by atomic mass is 10.3. The number of aromatic nitrogens is 1. The molecule has 0 atom stereocenters. The van der Waals surface area contributed by atoms with Crippen LogP contribution in [0.4, 0.5) is 0 Å². The highest BCUT2D eigenvalue weighted by Crippen LogP contribution is 2.21. The van der Waals surface area contributed by atoms with Crippen LogP contribution < -0.4 is 11.2 Å². The molecule has 0 radical (unpaired) electrons. The van der Waals surface area contributed by atoms with Gasteiger partial charge in [-0.2, -0.15) is 5.10 Å². The van der Waals surface area contributed by atoms with Gasteiger partial charge in [-0.15, -0.1) is 0 Å². The zero-order chi connectivity index (χ0) is 15.1. The number of nitrogens with two attached hydrogens (primary N) is 1. The van der Waals surface area contributed by atoms with Gasteiger partial charge < -0.3 is 10.3 Å². The molecule has 0 aliphatic heterocycles. The number of halogens is 1. The van der Waals surface area contributed by atoms with Gasteiger partial charge in [-0.25, -0.2) is 5.43 Å². The molecule has 110 valence electrons. The van der Waals surface area contributed by atoms with Gasteiger partial charge in [0.1, 0.15) is 0 Å². The topological polar surface area (TPSA) is 67.7 Å². The van der Waals surface area contributed by atoms with Crippen LogP contribution in [0.15, 0.2) is 57.2 Å². The Labute approximate surface area is 132 Å². The maximum Gasteiger partial charge on any atom is 0.209 e. The summed E-state index contributed by atoms with van der Waals surface area (Å²) in [6.07, 6.45) is 4.65. The average molecular weight is 348 g/mol. The fourth-order valence-electron chi connectivity index (χ4n) is 1.80. The van der Waals surface area contributed by atoms with Crippen molar-refractivity contribution in [2.24, 2.45) is 15.8 Å². The van der Waals surface area contributed by atoms with Crippen LogP contribution in [-0.4, -0.2) is 23.3 Å². The van der Waals surface area contributed by atoms with E-state index in [9.17, 15) is 0 Å². The second kappa shape index (κ2) is 7.64. The number of nitrogens with zero attached hydrogens (tertiary/aromatic N) is 3. The molecule has 0 spiro atoms. The molecule has 5 nitrogen and oxygen atoms in total. The summed E-state index contributed by atoms with van der Waals surface area (Å²) in [6, 6.07) is 12.0. The van der Waals surface area contributed by atoms with E-state index in [4.69, 9.17) is 5.73 Å². The zero-order valence-electron chi connectivity index (χ0n) is 11.8. The van der Waals surface area contributed by atoms with Crippen LogP contribution in [0.5, 0.6) is 0 Å². The Morgan fingerprint density at radius 3 is 2.90 bits per heavy atom. The third-order valence-corrected chi connectivity index (χ3v) is 3.44. The SMILES string of the molecule is CCCN=C(N)N/N=C/c1cccn1-c1ccccc1Br. The van der Waals surface area contributed by atoms with Crippen LogP contribution in [0.1, 0.15) is 19.0 Å². The molecule has 1 heterocycles. The summed E-state index contributed by atoms with van der Waals surface area (Å²) in [7, 11) is 0. The first-order valence-corrected chi connectivity index (χ1v) is 7.53. The Kier molecular flexibility index (Phi) is 5.57. The molecule has 6 heteroatoms. The summed E-state index contributed by atoms with van der Waals surface area (Å²) in [5.41, 5.74) is 10.4. The second-order valence-electron chi connectivity index (χ2n) is 4.39. The Bertz CT molecular complexity index is 645. The summed E-state index contributed by atoms with van der Waals surface area (Å²) in [6.45, 7) is 2.74. The Balaban J connectivity index is 2.13. The Morgan fingerprint density at radius 1 is 1.33 bits per heavy atom. The minimum Gasteiger partial charge on any atom is -0.369 e. The number of hydrogen-bond acceptors (Lipinski definition) is 2. The highest BCUT2D eigenvalue weighted by Gasteiger charge is 2.04. The van der Waals surface area contributed by atoms with Crippen molar-refractivity contribution < 1.29 is 0 Å². The summed E-state index contributed by atoms with van der Waals surface area (Å²) in [5, 5.41) is 4.12. The first-order chi connectivity index (χ1) is 10.2. The van der Waals surface area contributed by atoms with E-state index in [2.05, 4.69) is 31.4 Å². The minimum atomic E-state index is 0.326. The van der Waals surface area contributed by atoms with E-state index in [1.165, 1.54) is 0 Å². The van der Waals surface area contributed by atoms with Crippen LogP contribution in [-0.2, 0) is 0 Å². The van der Waals surface area contributed by atoms with Gasteiger partial charge in [-0.05, 0) is 46.6 Å². The van der Waals surface area contributed by atoms with Crippen LogP contribution in [0.25, 0.3) is 5.69 Å². The van der Waals surface area contributed by atoms with Crippen molar-refractivity contribution in [2.45, 2.75) is 13.3 Å². The van der Waals surface area contributed by atoms with E-state index in [0.29, 0.717) is 12.5 Å². The molecule has 0 bridgehead atoms. The molecule has 0 saturated carbocycles. The van der Waals surface area contributed by atoms with Crippen LogP contribution in [0, 0.1) is 0 Å². The molecule has 2 rings (SSSR count). The number of benzene rings is 1. The summed E-state index contributed by atoms with van der Waals surface area (Å²) in [5.74, 6) is 0.326. The summed E-state index contributed by atoms with van der Waals surface area (Å²) >= 11 is 3.55. The highest BCUT2D eigenvalue weighted by atomic mass is 79.9. The number of rotatable bonds is 5. The minimum absolute atomic E-state index is 0.326. The van der Waals surface area contributed by atoms with Crippen molar-refractivity contribution in [2.75, 3.05) is 6.54 Å². The number of para-hydroxylation sites is 1. The molecule has 0 saturated heterocycles. The second-order valence-corrected chi connectivity index (χ2v) is 5.25. The number of aliphatic imine (C=N–C) groups is 1. The third-order valence-electron chi connectivity index (χ3n) is 2.77. The zero-order valence-corrected chi connectivity index (χ0v) is 13.4.